The molecule has 1 aromatic carbocycles. The molecule has 0 saturated carbocycles. The molecule has 16 heteroatoms. The highest BCUT2D eigenvalue weighted by Crippen LogP contribution is 2.41. The van der Waals surface area contributed by atoms with Gasteiger partial charge in [-0.3, -0.25) is 9.59 Å². The van der Waals surface area contributed by atoms with E-state index >= 15 is 0 Å². The van der Waals surface area contributed by atoms with Crippen LogP contribution in [0.1, 0.15) is 77.1 Å². The molecule has 1 unspecified atom stereocenters. The maximum absolute atomic E-state index is 13.6. The van der Waals surface area contributed by atoms with Gasteiger partial charge in [0.1, 0.15) is 23.7 Å². The number of imidazole rings is 2. The van der Waals surface area contributed by atoms with Crippen molar-refractivity contribution in [2.24, 2.45) is 11.8 Å². The van der Waals surface area contributed by atoms with Crippen molar-refractivity contribution in [1.29, 1.82) is 0 Å². The van der Waals surface area contributed by atoms with Gasteiger partial charge in [0.25, 0.3) is 0 Å². The van der Waals surface area contributed by atoms with Crippen LogP contribution < -0.4 is 10.6 Å². The van der Waals surface area contributed by atoms with Crippen molar-refractivity contribution in [1.82, 2.24) is 40.4 Å². The Morgan fingerprint density at radius 3 is 1.48 bits per heavy atom. The van der Waals surface area contributed by atoms with Gasteiger partial charge in [-0.25, -0.2) is 19.6 Å². The summed E-state index contributed by atoms with van der Waals surface area (Å²) in [5, 5.41) is 7.66. The molecule has 2 aliphatic rings. The standard InChI is InChI=1S/C38H46N8O6S2/c1-19(2)31(43-37(49)51-5)35(47)45-11-7-9-25(45)33-39-17-23(41-33)29-15-21-13-28-22(14-27(21)53-29)16-30(54-28)24-18-40-34(42-24)26-10-8-12-46(26)36(48)32(20(3)4)44-38(50)52-6/h13-20,25-26,31-32H,7-12H2,1-6H3,(H,39,41)(H,40,42)(H,43,49)(H,44,50)/t25-,26-,31-,32?/m0/s1. The van der Waals surface area contributed by atoms with Crippen molar-refractivity contribution in [3.05, 3.63) is 48.3 Å². The Morgan fingerprint density at radius 2 is 1.11 bits per heavy atom. The number of methoxy groups -OCH3 is 2. The molecule has 14 nitrogen and oxygen atoms in total. The molecular formula is C38H46N8O6S2. The molecule has 0 bridgehead atoms. The van der Waals surface area contributed by atoms with E-state index in [1.54, 1.807) is 22.7 Å². The normalized spacial score (nSPS) is 18.5. The average Bonchev–Trinajstić information content (AvgIpc) is 4.00. The zero-order chi connectivity index (χ0) is 38.3. The number of hydrogen-bond acceptors (Lipinski definition) is 10. The number of carbonyl (C=O) groups excluding carboxylic acids is 4. The Labute approximate surface area is 321 Å². The minimum absolute atomic E-state index is 0.103. The number of carbonyl (C=O) groups is 4. The van der Waals surface area contributed by atoms with E-state index in [2.05, 4.69) is 44.9 Å². The van der Waals surface area contributed by atoms with E-state index in [4.69, 9.17) is 19.4 Å². The second kappa shape index (κ2) is 15.4. The van der Waals surface area contributed by atoms with Gasteiger partial charge in [0.2, 0.25) is 11.8 Å². The lowest BCUT2D eigenvalue weighted by molar-refractivity contribution is -0.136. The van der Waals surface area contributed by atoms with Crippen LogP contribution in [0.15, 0.2) is 36.7 Å². The summed E-state index contributed by atoms with van der Waals surface area (Å²) in [5.74, 6) is 0.997. The minimum atomic E-state index is -0.686. The summed E-state index contributed by atoms with van der Waals surface area (Å²) in [6, 6.07) is 6.98. The highest BCUT2D eigenvalue weighted by atomic mass is 32.1. The molecule has 2 fully saturated rings. The van der Waals surface area contributed by atoms with Gasteiger partial charge in [0, 0.05) is 22.5 Å². The molecule has 4 atom stereocenters. The minimum Gasteiger partial charge on any atom is -0.453 e. The first-order chi connectivity index (χ1) is 25.9. The molecule has 6 heterocycles. The van der Waals surface area contributed by atoms with Crippen LogP contribution >= 0.6 is 22.7 Å². The van der Waals surface area contributed by atoms with E-state index in [-0.39, 0.29) is 35.7 Å². The molecule has 7 rings (SSSR count). The lowest BCUT2D eigenvalue weighted by Crippen LogP contribution is -2.51. The Bertz CT molecular complexity index is 1990. The van der Waals surface area contributed by atoms with Gasteiger partial charge >= 0.3 is 12.2 Å². The number of thiophene rings is 2. The zero-order valence-electron chi connectivity index (χ0n) is 31.2. The van der Waals surface area contributed by atoms with Crippen LogP contribution in [0.3, 0.4) is 0 Å². The molecule has 0 spiro atoms. The largest absolute Gasteiger partial charge is 0.453 e. The molecule has 2 saturated heterocycles. The zero-order valence-corrected chi connectivity index (χ0v) is 32.9. The number of alkyl carbamates (subject to hydrolysis) is 2. The number of nitrogens with one attached hydrogen (secondary N) is 4. The smallest absolute Gasteiger partial charge is 0.407 e. The number of fused-ring (bicyclic) bond motifs is 2. The van der Waals surface area contributed by atoms with Crippen molar-refractivity contribution in [2.75, 3.05) is 27.3 Å². The number of H-pyrrole nitrogens is 2. The van der Waals surface area contributed by atoms with E-state index in [0.29, 0.717) is 13.1 Å². The summed E-state index contributed by atoms with van der Waals surface area (Å²) < 4.78 is 11.8. The molecular weight excluding hydrogens is 729 g/mol. The Kier molecular flexibility index (Phi) is 10.7. The molecule has 4 aromatic heterocycles. The third-order valence-electron chi connectivity index (χ3n) is 10.4. The van der Waals surface area contributed by atoms with Gasteiger partial charge in [-0.15, -0.1) is 22.7 Å². The summed E-state index contributed by atoms with van der Waals surface area (Å²) in [4.78, 5) is 73.3. The van der Waals surface area contributed by atoms with E-state index in [9.17, 15) is 19.2 Å². The number of aromatic nitrogens is 4. The summed E-state index contributed by atoms with van der Waals surface area (Å²) >= 11 is 3.37. The van der Waals surface area contributed by atoms with Crippen molar-refractivity contribution in [3.63, 3.8) is 0 Å². The van der Waals surface area contributed by atoms with Gasteiger partial charge in [-0.05, 0) is 72.6 Å². The first-order valence-electron chi connectivity index (χ1n) is 18.3. The topological polar surface area (TPSA) is 175 Å². The van der Waals surface area contributed by atoms with Gasteiger partial charge < -0.3 is 39.9 Å². The fourth-order valence-corrected chi connectivity index (χ4v) is 9.60. The third kappa shape index (κ3) is 7.28. The lowest BCUT2D eigenvalue weighted by Gasteiger charge is -2.30. The predicted molar refractivity (Wildman–Crippen MR) is 208 cm³/mol. The van der Waals surface area contributed by atoms with Crippen LogP contribution in [0.4, 0.5) is 9.59 Å². The second-order valence-corrected chi connectivity index (χ2v) is 16.8. The first kappa shape index (κ1) is 37.4. The lowest BCUT2D eigenvalue weighted by atomic mass is 10.0. The molecule has 5 aromatic rings. The third-order valence-corrected chi connectivity index (χ3v) is 12.6. The van der Waals surface area contributed by atoms with Crippen LogP contribution in [0.25, 0.3) is 41.3 Å². The fraction of sp³-hybridized carbons (Fsp3) is 0.474. The number of hydrogen-bond donors (Lipinski definition) is 4. The average molecular weight is 775 g/mol. The van der Waals surface area contributed by atoms with Crippen molar-refractivity contribution >= 4 is 66.8 Å². The van der Waals surface area contributed by atoms with Crippen molar-refractivity contribution in [2.45, 2.75) is 77.5 Å². The molecule has 4 amide bonds. The van der Waals surface area contributed by atoms with E-state index in [1.807, 2.05) is 49.9 Å². The van der Waals surface area contributed by atoms with E-state index < -0.39 is 24.3 Å². The van der Waals surface area contributed by atoms with Gasteiger partial charge in [-0.1, -0.05) is 27.7 Å². The summed E-state index contributed by atoms with van der Waals surface area (Å²) in [6.45, 7) is 8.81. The monoisotopic (exact) mass is 774 g/mol. The Morgan fingerprint density at radius 1 is 0.704 bits per heavy atom. The predicted octanol–water partition coefficient (Wildman–Crippen LogP) is 6.98. The molecule has 286 valence electrons. The first-order valence-corrected chi connectivity index (χ1v) is 20.0. The van der Waals surface area contributed by atoms with E-state index in [1.165, 1.54) is 14.2 Å². The highest BCUT2D eigenvalue weighted by Gasteiger charge is 2.39. The van der Waals surface area contributed by atoms with Crippen LogP contribution in [-0.2, 0) is 19.1 Å². The number of amides is 4. The summed E-state index contributed by atoms with van der Waals surface area (Å²) in [6.07, 6.45) is 5.70. The summed E-state index contributed by atoms with van der Waals surface area (Å²) in [5.41, 5.74) is 1.79. The van der Waals surface area contributed by atoms with Gasteiger partial charge in [-0.2, -0.15) is 0 Å². The van der Waals surface area contributed by atoms with Crippen LogP contribution in [0.2, 0.25) is 0 Å². The van der Waals surface area contributed by atoms with Gasteiger partial charge in [0.15, 0.2) is 0 Å². The second-order valence-electron chi connectivity index (χ2n) is 14.6. The maximum Gasteiger partial charge on any atom is 0.407 e. The highest BCUT2D eigenvalue weighted by molar-refractivity contribution is 7.23. The number of aromatic amines is 2. The Balaban J connectivity index is 1.07. The number of rotatable bonds is 10. The number of ether oxygens (including phenoxy) is 2. The molecule has 2 aliphatic heterocycles. The van der Waals surface area contributed by atoms with Crippen molar-refractivity contribution < 1.29 is 28.7 Å². The number of nitrogens with zero attached hydrogens (tertiary/aromatic N) is 4. The molecule has 4 N–H and O–H groups in total. The van der Waals surface area contributed by atoms with Crippen LogP contribution in [-0.4, -0.2) is 93.1 Å². The molecule has 0 radical (unpaired) electrons. The molecule has 0 aliphatic carbocycles. The van der Waals surface area contributed by atoms with Crippen LogP contribution in [0, 0.1) is 11.8 Å². The van der Waals surface area contributed by atoms with Crippen LogP contribution in [0.5, 0.6) is 0 Å². The fourth-order valence-electron chi connectivity index (χ4n) is 7.49. The quantitative estimate of drug-likeness (QED) is 0.118. The number of likely N-dealkylation sites (tertiary alicyclic amines) is 2. The van der Waals surface area contributed by atoms with Gasteiger partial charge in [0.05, 0.1) is 59.8 Å². The molecule has 54 heavy (non-hydrogen) atoms. The summed E-state index contributed by atoms with van der Waals surface area (Å²) in [7, 11) is 2.58. The van der Waals surface area contributed by atoms with Crippen molar-refractivity contribution in [3.8, 4) is 21.1 Å². The SMILES string of the molecule is COC(=O)NC(C(=O)N1CCC[C@H]1c1ncc(-c2cc3cc4sc(-c5cnc([C@@H]6CCCN6C(=O)[C@@H](NC(=O)OC)C(C)C)[nH]5)cc4cc3s2)[nH]1)C(C)C. The van der Waals surface area contributed by atoms with E-state index in [0.717, 1.165) is 78.6 Å². The maximum atomic E-state index is 13.6. The Hall–Kier alpha value is -4.96. The number of benzene rings is 1.